The molecule has 1 aromatic rings. The number of piperidine rings is 1. The van der Waals surface area contributed by atoms with Gasteiger partial charge in [-0.2, -0.15) is 5.10 Å². The third kappa shape index (κ3) is 7.27. The van der Waals surface area contributed by atoms with E-state index >= 15 is 0 Å². The largest absolute Gasteiger partial charge is 0.496 e. The maximum Gasteiger partial charge on any atom is 0.410 e. The van der Waals surface area contributed by atoms with Gasteiger partial charge in [0.15, 0.2) is 0 Å². The third-order valence-electron chi connectivity index (χ3n) is 4.43. The first-order valence-corrected chi connectivity index (χ1v) is 10.5. The van der Waals surface area contributed by atoms with Crippen LogP contribution in [0, 0.1) is 0 Å². The highest BCUT2D eigenvalue weighted by Gasteiger charge is 2.32. The summed E-state index contributed by atoms with van der Waals surface area (Å²) in [7, 11) is 0. The van der Waals surface area contributed by atoms with E-state index < -0.39 is 11.6 Å². The fraction of sp³-hybridized carbons (Fsp3) is 0.667. The number of hydrogen-bond acceptors (Lipinski definition) is 7. The molecule has 0 aromatic carbocycles. The van der Waals surface area contributed by atoms with Gasteiger partial charge >= 0.3 is 12.1 Å². The number of nitrogens with one attached hydrogen (secondary N) is 2. The molecule has 168 valence electrons. The van der Waals surface area contributed by atoms with Gasteiger partial charge in [0.2, 0.25) is 0 Å². The SMILES string of the molecule is CCOC(=O)/C=C(/CNc1cc(C2CCCCN2C(=O)OC(C)(C)C)[nH]n1)OCC. The second-order valence-electron chi connectivity index (χ2n) is 8.04. The number of carbonyl (C=O) groups excluding carboxylic acids is 2. The van der Waals surface area contributed by atoms with Crippen molar-refractivity contribution >= 4 is 17.9 Å². The summed E-state index contributed by atoms with van der Waals surface area (Å²) in [5, 5.41) is 10.5. The van der Waals surface area contributed by atoms with Crippen LogP contribution in [0.4, 0.5) is 10.6 Å². The van der Waals surface area contributed by atoms with Crippen LogP contribution in [0.5, 0.6) is 0 Å². The molecule has 0 saturated carbocycles. The Morgan fingerprint density at radius 3 is 2.67 bits per heavy atom. The van der Waals surface area contributed by atoms with E-state index in [4.69, 9.17) is 14.2 Å². The molecule has 2 heterocycles. The van der Waals surface area contributed by atoms with E-state index in [1.807, 2.05) is 33.8 Å². The molecule has 1 aliphatic heterocycles. The van der Waals surface area contributed by atoms with Gasteiger partial charge in [-0.15, -0.1) is 0 Å². The number of amides is 1. The van der Waals surface area contributed by atoms with Gasteiger partial charge in [0.05, 0.1) is 37.6 Å². The van der Waals surface area contributed by atoms with Gasteiger partial charge in [0.1, 0.15) is 17.2 Å². The summed E-state index contributed by atoms with van der Waals surface area (Å²) in [6, 6.07) is 1.76. The van der Waals surface area contributed by atoms with Crippen molar-refractivity contribution in [3.63, 3.8) is 0 Å². The van der Waals surface area contributed by atoms with Gasteiger partial charge < -0.3 is 19.5 Å². The van der Waals surface area contributed by atoms with E-state index in [1.54, 1.807) is 11.8 Å². The third-order valence-corrected chi connectivity index (χ3v) is 4.43. The number of aromatic amines is 1. The zero-order chi connectivity index (χ0) is 22.1. The van der Waals surface area contributed by atoms with E-state index in [2.05, 4.69) is 15.5 Å². The Morgan fingerprint density at radius 2 is 2.00 bits per heavy atom. The number of anilines is 1. The van der Waals surface area contributed by atoms with Crippen molar-refractivity contribution in [3.05, 3.63) is 23.6 Å². The van der Waals surface area contributed by atoms with Crippen LogP contribution in [0.25, 0.3) is 0 Å². The molecule has 1 aromatic heterocycles. The Hall–Kier alpha value is -2.71. The molecule has 0 spiro atoms. The predicted octanol–water partition coefficient (Wildman–Crippen LogP) is 3.77. The van der Waals surface area contributed by atoms with Gasteiger partial charge in [-0.25, -0.2) is 9.59 Å². The fourth-order valence-corrected chi connectivity index (χ4v) is 3.21. The summed E-state index contributed by atoms with van der Waals surface area (Å²) in [6.45, 7) is 10.9. The maximum atomic E-state index is 12.6. The minimum Gasteiger partial charge on any atom is -0.496 e. The zero-order valence-electron chi connectivity index (χ0n) is 18.6. The van der Waals surface area contributed by atoms with E-state index in [-0.39, 0.29) is 18.7 Å². The maximum absolute atomic E-state index is 12.6. The van der Waals surface area contributed by atoms with Crippen molar-refractivity contribution in [2.45, 2.75) is 65.5 Å². The van der Waals surface area contributed by atoms with Crippen LogP contribution in [0.2, 0.25) is 0 Å². The van der Waals surface area contributed by atoms with Gasteiger partial charge in [-0.1, -0.05) is 0 Å². The summed E-state index contributed by atoms with van der Waals surface area (Å²) in [5.74, 6) is 0.628. The zero-order valence-corrected chi connectivity index (χ0v) is 18.6. The van der Waals surface area contributed by atoms with Gasteiger partial charge in [0.25, 0.3) is 0 Å². The second-order valence-corrected chi connectivity index (χ2v) is 8.04. The standard InChI is InChI=1S/C21H34N4O5/c1-6-28-15(12-19(26)29-7-2)14-22-18-13-16(23-24-18)17-10-8-9-11-25(17)20(27)30-21(3,4)5/h12-13,17H,6-11,14H2,1-5H3,(H2,22,23,24)/b15-12-. The van der Waals surface area contributed by atoms with Crippen molar-refractivity contribution in [1.29, 1.82) is 0 Å². The van der Waals surface area contributed by atoms with Crippen LogP contribution in [-0.4, -0.2) is 59.1 Å². The molecule has 9 nitrogen and oxygen atoms in total. The number of hydrogen-bond donors (Lipinski definition) is 2. The lowest BCUT2D eigenvalue weighted by molar-refractivity contribution is -0.137. The quantitative estimate of drug-likeness (QED) is 0.373. The number of H-pyrrole nitrogens is 1. The number of aromatic nitrogens is 2. The summed E-state index contributed by atoms with van der Waals surface area (Å²) >= 11 is 0. The molecule has 1 amide bonds. The van der Waals surface area contributed by atoms with E-state index in [9.17, 15) is 9.59 Å². The fourth-order valence-electron chi connectivity index (χ4n) is 3.21. The van der Waals surface area contributed by atoms with Crippen molar-refractivity contribution in [3.8, 4) is 0 Å². The van der Waals surface area contributed by atoms with Crippen molar-refractivity contribution < 1.29 is 23.8 Å². The molecule has 1 aliphatic rings. The number of nitrogens with zero attached hydrogens (tertiary/aromatic N) is 2. The Kier molecular flexibility index (Phi) is 8.56. The molecule has 1 atom stereocenters. The number of carbonyl (C=O) groups is 2. The average molecular weight is 423 g/mol. The molecule has 1 unspecified atom stereocenters. The predicted molar refractivity (Wildman–Crippen MR) is 113 cm³/mol. The highest BCUT2D eigenvalue weighted by molar-refractivity contribution is 5.82. The Bertz CT molecular complexity index is 738. The summed E-state index contributed by atoms with van der Waals surface area (Å²) in [5.41, 5.74) is 0.302. The minimum absolute atomic E-state index is 0.113. The Morgan fingerprint density at radius 1 is 1.27 bits per heavy atom. The van der Waals surface area contributed by atoms with Crippen LogP contribution in [0.3, 0.4) is 0 Å². The van der Waals surface area contributed by atoms with Gasteiger partial charge in [-0.3, -0.25) is 10.00 Å². The van der Waals surface area contributed by atoms with Crippen LogP contribution in [0.15, 0.2) is 17.9 Å². The first-order valence-electron chi connectivity index (χ1n) is 10.5. The Balaban J connectivity index is 2.04. The molecule has 1 saturated heterocycles. The van der Waals surface area contributed by atoms with Crippen molar-refractivity contribution in [1.82, 2.24) is 15.1 Å². The number of ether oxygens (including phenoxy) is 3. The molecule has 2 rings (SSSR count). The molecular weight excluding hydrogens is 388 g/mol. The topological polar surface area (TPSA) is 106 Å². The number of esters is 1. The molecule has 2 N–H and O–H groups in total. The molecule has 0 radical (unpaired) electrons. The molecule has 1 fully saturated rings. The summed E-state index contributed by atoms with van der Waals surface area (Å²) < 4.78 is 16.0. The second kappa shape index (κ2) is 10.9. The smallest absolute Gasteiger partial charge is 0.410 e. The summed E-state index contributed by atoms with van der Waals surface area (Å²) in [4.78, 5) is 26.1. The lowest BCUT2D eigenvalue weighted by atomic mass is 10.00. The normalized spacial score (nSPS) is 17.4. The lowest BCUT2D eigenvalue weighted by Crippen LogP contribution is -2.42. The molecule has 9 heteroatoms. The molecule has 0 bridgehead atoms. The van der Waals surface area contributed by atoms with E-state index in [0.717, 1.165) is 25.0 Å². The van der Waals surface area contributed by atoms with E-state index in [0.29, 0.717) is 31.3 Å². The van der Waals surface area contributed by atoms with Gasteiger partial charge in [0, 0.05) is 12.6 Å². The Labute approximate surface area is 178 Å². The van der Waals surface area contributed by atoms with Crippen molar-refractivity contribution in [2.24, 2.45) is 0 Å². The van der Waals surface area contributed by atoms with Crippen LogP contribution < -0.4 is 5.32 Å². The molecular formula is C21H34N4O5. The summed E-state index contributed by atoms with van der Waals surface area (Å²) in [6.07, 6.45) is 3.84. The van der Waals surface area contributed by atoms with Crippen LogP contribution in [-0.2, 0) is 19.0 Å². The number of likely N-dealkylation sites (tertiary alicyclic amines) is 1. The van der Waals surface area contributed by atoms with Crippen molar-refractivity contribution in [2.75, 3.05) is 31.6 Å². The highest BCUT2D eigenvalue weighted by Crippen LogP contribution is 2.32. The first-order chi connectivity index (χ1) is 14.2. The van der Waals surface area contributed by atoms with E-state index in [1.165, 1.54) is 6.08 Å². The lowest BCUT2D eigenvalue weighted by Gasteiger charge is -2.36. The minimum atomic E-state index is -0.541. The first kappa shape index (κ1) is 23.6. The average Bonchev–Trinajstić information content (AvgIpc) is 3.14. The number of rotatable bonds is 8. The van der Waals surface area contributed by atoms with Crippen LogP contribution in [0.1, 0.15) is 65.6 Å². The monoisotopic (exact) mass is 422 g/mol. The highest BCUT2D eigenvalue weighted by atomic mass is 16.6. The molecule has 0 aliphatic carbocycles. The van der Waals surface area contributed by atoms with Gasteiger partial charge in [-0.05, 0) is 53.9 Å². The van der Waals surface area contributed by atoms with Crippen LogP contribution >= 0.6 is 0 Å². The molecule has 30 heavy (non-hydrogen) atoms.